The number of carbonyl (C=O) groups is 3. The van der Waals surface area contributed by atoms with E-state index in [9.17, 15) is 14.4 Å². The lowest BCUT2D eigenvalue weighted by Gasteiger charge is -2.20. The fourth-order valence-electron chi connectivity index (χ4n) is 3.53. The van der Waals surface area contributed by atoms with Gasteiger partial charge in [0.1, 0.15) is 6.04 Å². The Morgan fingerprint density at radius 2 is 1.64 bits per heavy atom. The molecule has 3 N–H and O–H groups in total. The van der Waals surface area contributed by atoms with Crippen molar-refractivity contribution in [1.82, 2.24) is 15.6 Å². The molecule has 0 spiro atoms. The first-order valence-electron chi connectivity index (χ1n) is 13.6. The minimum absolute atomic E-state index is 0.0121. The Morgan fingerprint density at radius 3 is 2.13 bits per heavy atom. The molecule has 216 valence electrons. The quantitative estimate of drug-likeness (QED) is 0.234. The lowest BCUT2D eigenvalue weighted by molar-refractivity contribution is -0.144. The largest absolute Gasteiger partial charge is 0.469 e. The van der Waals surface area contributed by atoms with Crippen LogP contribution in [-0.4, -0.2) is 35.9 Å². The van der Waals surface area contributed by atoms with E-state index in [-0.39, 0.29) is 24.2 Å². The van der Waals surface area contributed by atoms with Crippen LogP contribution in [0.4, 0.5) is 0 Å². The third kappa shape index (κ3) is 14.2. The van der Waals surface area contributed by atoms with E-state index in [1.807, 2.05) is 77.2 Å². The predicted molar refractivity (Wildman–Crippen MR) is 161 cm³/mol. The first kappa shape index (κ1) is 35.4. The number of aromatic nitrogens is 1. The molecule has 7 nitrogen and oxygen atoms in total. The standard InChI is InChI=1S/C20H30N2O4.C10H13N.C2H6/c1-13(2)10-17(11-18(23)26-5)20(25)22-15(4)19(24)21-12-16-8-6-14(3)7-9-16;1-4-5-6-10-9(3)8(2)7-11-10;1-2/h6-9,13,15,17H,10-12H2,1-5H3,(H,21,24)(H,22,25);4-7,11H,1H2,2-3H3;1-2H3/b;6-5-;. The van der Waals surface area contributed by atoms with Crippen LogP contribution in [-0.2, 0) is 25.7 Å². The molecule has 2 rings (SSSR count). The van der Waals surface area contributed by atoms with E-state index in [0.717, 1.165) is 11.1 Å². The summed E-state index contributed by atoms with van der Waals surface area (Å²) in [4.78, 5) is 39.4. The number of hydrogen-bond donors (Lipinski definition) is 3. The van der Waals surface area contributed by atoms with Crippen molar-refractivity contribution in [3.63, 3.8) is 0 Å². The molecule has 39 heavy (non-hydrogen) atoms. The molecule has 0 aliphatic rings. The molecule has 1 heterocycles. The fraction of sp³-hybridized carbons (Fsp3) is 0.469. The number of benzene rings is 1. The zero-order valence-corrected chi connectivity index (χ0v) is 25.3. The summed E-state index contributed by atoms with van der Waals surface area (Å²) in [7, 11) is 1.30. The highest BCUT2D eigenvalue weighted by Crippen LogP contribution is 2.17. The van der Waals surface area contributed by atoms with Gasteiger partial charge in [0, 0.05) is 24.4 Å². The summed E-state index contributed by atoms with van der Waals surface area (Å²) in [6.07, 6.45) is 8.30. The number of hydrogen-bond acceptors (Lipinski definition) is 4. The molecular formula is C32H49N3O4. The van der Waals surface area contributed by atoms with Crippen LogP contribution in [0.2, 0.25) is 0 Å². The van der Waals surface area contributed by atoms with Gasteiger partial charge in [-0.25, -0.2) is 0 Å². The molecule has 0 radical (unpaired) electrons. The van der Waals surface area contributed by atoms with Crippen molar-refractivity contribution in [2.45, 2.75) is 80.8 Å². The Balaban J connectivity index is 0.000000920. The van der Waals surface area contributed by atoms with E-state index >= 15 is 0 Å². The maximum absolute atomic E-state index is 12.5. The van der Waals surface area contributed by atoms with E-state index in [2.05, 4.69) is 40.8 Å². The summed E-state index contributed by atoms with van der Waals surface area (Å²) < 4.78 is 4.66. The zero-order valence-electron chi connectivity index (χ0n) is 25.3. The number of H-pyrrole nitrogens is 1. The fourth-order valence-corrected chi connectivity index (χ4v) is 3.53. The Kier molecular flexibility index (Phi) is 17.7. The number of ether oxygens (including phenoxy) is 1. The minimum atomic E-state index is -0.680. The molecule has 0 bridgehead atoms. The average Bonchev–Trinajstić information content (AvgIpc) is 3.24. The molecule has 0 aliphatic heterocycles. The van der Waals surface area contributed by atoms with E-state index in [1.54, 1.807) is 13.0 Å². The van der Waals surface area contributed by atoms with E-state index < -0.39 is 17.9 Å². The molecule has 2 amide bonds. The highest BCUT2D eigenvalue weighted by molar-refractivity contribution is 5.89. The summed E-state index contributed by atoms with van der Waals surface area (Å²) in [6, 6.07) is 7.19. The summed E-state index contributed by atoms with van der Waals surface area (Å²) in [5, 5.41) is 5.51. The summed E-state index contributed by atoms with van der Waals surface area (Å²) in [5.74, 6) is -1.25. The smallest absolute Gasteiger partial charge is 0.306 e. The number of amides is 2. The first-order valence-corrected chi connectivity index (χ1v) is 13.6. The van der Waals surface area contributed by atoms with Gasteiger partial charge < -0.3 is 20.4 Å². The number of rotatable bonds is 11. The second-order valence-corrected chi connectivity index (χ2v) is 9.65. The van der Waals surface area contributed by atoms with Crippen LogP contribution in [0.15, 0.2) is 49.2 Å². The van der Waals surface area contributed by atoms with Crippen molar-refractivity contribution in [2.24, 2.45) is 11.8 Å². The van der Waals surface area contributed by atoms with Gasteiger partial charge in [0.2, 0.25) is 11.8 Å². The van der Waals surface area contributed by atoms with Crippen molar-refractivity contribution in [3.05, 3.63) is 77.1 Å². The number of methoxy groups -OCH3 is 1. The minimum Gasteiger partial charge on any atom is -0.469 e. The Labute approximate surface area is 235 Å². The third-order valence-corrected chi connectivity index (χ3v) is 5.95. The summed E-state index contributed by atoms with van der Waals surface area (Å²) in [5.41, 5.74) is 5.92. The van der Waals surface area contributed by atoms with Crippen LogP contribution in [0, 0.1) is 32.6 Å². The average molecular weight is 540 g/mol. The maximum Gasteiger partial charge on any atom is 0.306 e. The topological polar surface area (TPSA) is 100 Å². The van der Waals surface area contributed by atoms with E-state index in [4.69, 9.17) is 0 Å². The maximum atomic E-state index is 12.5. The van der Waals surface area contributed by atoms with Crippen LogP contribution in [0.5, 0.6) is 0 Å². The van der Waals surface area contributed by atoms with Crippen molar-refractivity contribution >= 4 is 23.9 Å². The molecular weight excluding hydrogens is 490 g/mol. The van der Waals surface area contributed by atoms with Gasteiger partial charge in [-0.2, -0.15) is 0 Å². The van der Waals surface area contributed by atoms with Crippen LogP contribution in [0.25, 0.3) is 6.08 Å². The van der Waals surface area contributed by atoms with Crippen LogP contribution in [0.1, 0.15) is 75.4 Å². The predicted octanol–water partition coefficient (Wildman–Crippen LogP) is 6.20. The van der Waals surface area contributed by atoms with Gasteiger partial charge in [0.25, 0.3) is 0 Å². The van der Waals surface area contributed by atoms with Crippen molar-refractivity contribution in [3.8, 4) is 0 Å². The van der Waals surface area contributed by atoms with Crippen LogP contribution >= 0.6 is 0 Å². The van der Waals surface area contributed by atoms with Gasteiger partial charge in [-0.05, 0) is 62.8 Å². The summed E-state index contributed by atoms with van der Waals surface area (Å²) in [6.45, 7) is 19.8. The molecule has 0 fully saturated rings. The lowest BCUT2D eigenvalue weighted by atomic mass is 9.93. The molecule has 1 aromatic heterocycles. The monoisotopic (exact) mass is 539 g/mol. The second kappa shape index (κ2) is 19.5. The number of allylic oxidation sites excluding steroid dienone is 2. The van der Waals surface area contributed by atoms with Crippen molar-refractivity contribution in [2.75, 3.05) is 7.11 Å². The Morgan fingerprint density at radius 1 is 1.03 bits per heavy atom. The highest BCUT2D eigenvalue weighted by Gasteiger charge is 2.26. The normalized spacial score (nSPS) is 11.8. The molecule has 2 atom stereocenters. The number of aryl methyl sites for hydroxylation is 2. The van der Waals surface area contributed by atoms with E-state index in [0.29, 0.717) is 13.0 Å². The van der Waals surface area contributed by atoms with Gasteiger partial charge in [0.05, 0.1) is 13.5 Å². The van der Waals surface area contributed by atoms with Gasteiger partial charge in [-0.1, -0.05) is 76.3 Å². The number of nitrogens with one attached hydrogen (secondary N) is 3. The molecule has 0 aliphatic carbocycles. The molecule has 1 aromatic carbocycles. The molecule has 2 unspecified atom stereocenters. The van der Waals surface area contributed by atoms with Crippen molar-refractivity contribution in [1.29, 1.82) is 0 Å². The van der Waals surface area contributed by atoms with Gasteiger partial charge >= 0.3 is 5.97 Å². The Bertz CT molecular complexity index is 1050. The van der Waals surface area contributed by atoms with Crippen LogP contribution < -0.4 is 10.6 Å². The van der Waals surface area contributed by atoms with Gasteiger partial charge in [0.15, 0.2) is 0 Å². The molecule has 0 saturated heterocycles. The SMILES string of the molecule is C=C/C=C\c1[nH]cc(C)c1C.CC.COC(=O)CC(CC(C)C)C(=O)NC(C)C(=O)NCc1ccc(C)cc1. The molecule has 7 heteroatoms. The van der Waals surface area contributed by atoms with E-state index in [1.165, 1.54) is 23.9 Å². The Hall–Kier alpha value is -3.61. The number of esters is 1. The van der Waals surface area contributed by atoms with Gasteiger partial charge in [-0.15, -0.1) is 0 Å². The first-order chi connectivity index (χ1) is 18.5. The van der Waals surface area contributed by atoms with Crippen LogP contribution in [0.3, 0.4) is 0 Å². The van der Waals surface area contributed by atoms with Crippen molar-refractivity contribution < 1.29 is 19.1 Å². The molecule has 0 saturated carbocycles. The number of aromatic amines is 1. The summed E-state index contributed by atoms with van der Waals surface area (Å²) >= 11 is 0. The third-order valence-electron chi connectivity index (χ3n) is 5.95. The lowest BCUT2D eigenvalue weighted by Crippen LogP contribution is -2.47. The zero-order chi connectivity index (χ0) is 30.0. The highest BCUT2D eigenvalue weighted by atomic mass is 16.5. The van der Waals surface area contributed by atoms with Gasteiger partial charge in [-0.3, -0.25) is 14.4 Å². The second-order valence-electron chi connectivity index (χ2n) is 9.65. The molecule has 2 aromatic rings. The number of carbonyl (C=O) groups excluding carboxylic acids is 3.